The molecule has 2 aliphatic rings. The number of halogens is 2. The van der Waals surface area contributed by atoms with Gasteiger partial charge in [0.25, 0.3) is 0 Å². The lowest BCUT2D eigenvalue weighted by Gasteiger charge is -2.39. The summed E-state index contributed by atoms with van der Waals surface area (Å²) in [6, 6.07) is 8.27. The van der Waals surface area contributed by atoms with Gasteiger partial charge in [-0.25, -0.2) is 18.6 Å². The first-order valence-corrected chi connectivity index (χ1v) is 12.5. The first kappa shape index (κ1) is 25.8. The molecule has 2 saturated heterocycles. The summed E-state index contributed by atoms with van der Waals surface area (Å²) in [6.45, 7) is 7.17. The fraction of sp³-hybridized carbons (Fsp3) is 0.429. The number of ether oxygens (including phenoxy) is 3. The van der Waals surface area contributed by atoms with E-state index in [0.29, 0.717) is 43.6 Å². The molecule has 0 N–H and O–H groups in total. The Kier molecular flexibility index (Phi) is 6.65. The topological polar surface area (TPSA) is 97.6 Å². The highest BCUT2D eigenvalue weighted by atomic mass is 19.1. The van der Waals surface area contributed by atoms with Gasteiger partial charge >= 0.3 is 6.09 Å². The van der Waals surface area contributed by atoms with E-state index in [2.05, 4.69) is 4.98 Å². The summed E-state index contributed by atoms with van der Waals surface area (Å²) in [6.07, 6.45) is 3.60. The monoisotopic (exact) mass is 522 g/mol. The van der Waals surface area contributed by atoms with Gasteiger partial charge in [-0.3, -0.25) is 4.98 Å². The van der Waals surface area contributed by atoms with E-state index in [9.17, 15) is 18.8 Å². The standard InChI is InChI=1S/C28H28F2N4O4/c1-27(2,3)38-26(35)34-10-8-28(9-11-34)13-17(16-36-28)24-15-32-22-7-4-18(12-23(22)33-24)37-25-19(14-31)20(29)5-6-21(25)30/h4-7,12,15,17H,8-11,13,16H2,1-3H3/t17-/m0/s1. The lowest BCUT2D eigenvalue weighted by molar-refractivity contribution is -0.0485. The van der Waals surface area contributed by atoms with Crippen molar-refractivity contribution in [2.75, 3.05) is 19.7 Å². The number of benzene rings is 2. The summed E-state index contributed by atoms with van der Waals surface area (Å²) in [5.74, 6) is -1.94. The molecule has 0 unspecified atom stereocenters. The maximum Gasteiger partial charge on any atom is 0.410 e. The smallest absolute Gasteiger partial charge is 0.410 e. The molecular weight excluding hydrogens is 494 g/mol. The second kappa shape index (κ2) is 9.80. The minimum atomic E-state index is -0.862. The van der Waals surface area contributed by atoms with E-state index < -0.39 is 28.5 Å². The van der Waals surface area contributed by atoms with Crippen molar-refractivity contribution in [2.24, 2.45) is 0 Å². The predicted molar refractivity (Wildman–Crippen MR) is 134 cm³/mol. The van der Waals surface area contributed by atoms with E-state index in [4.69, 9.17) is 19.2 Å². The Balaban J connectivity index is 1.30. The Bertz CT molecular complexity index is 1420. The number of nitrogens with zero attached hydrogens (tertiary/aromatic N) is 4. The number of piperidine rings is 1. The van der Waals surface area contributed by atoms with E-state index in [1.54, 1.807) is 35.4 Å². The molecule has 198 valence electrons. The van der Waals surface area contributed by atoms with Crippen LogP contribution in [0.4, 0.5) is 13.6 Å². The molecular formula is C28H28F2N4O4. The highest BCUT2D eigenvalue weighted by Gasteiger charge is 2.44. The van der Waals surface area contributed by atoms with Crippen LogP contribution in [0.3, 0.4) is 0 Å². The van der Waals surface area contributed by atoms with E-state index in [0.717, 1.165) is 24.2 Å². The third kappa shape index (κ3) is 5.24. The number of carbonyl (C=O) groups excluding carboxylic acids is 1. The van der Waals surface area contributed by atoms with Crippen molar-refractivity contribution in [1.29, 1.82) is 5.26 Å². The van der Waals surface area contributed by atoms with Crippen LogP contribution in [0.5, 0.6) is 11.5 Å². The molecule has 10 heteroatoms. The van der Waals surface area contributed by atoms with Crippen LogP contribution in [-0.2, 0) is 9.47 Å². The van der Waals surface area contributed by atoms with E-state index in [1.807, 2.05) is 20.8 Å². The fourth-order valence-corrected chi connectivity index (χ4v) is 4.93. The van der Waals surface area contributed by atoms with Crippen LogP contribution in [0, 0.1) is 23.0 Å². The quantitative estimate of drug-likeness (QED) is 0.426. The van der Waals surface area contributed by atoms with E-state index in [-0.39, 0.29) is 23.4 Å². The number of likely N-dealkylation sites (tertiary alicyclic amines) is 1. The van der Waals surface area contributed by atoms with Crippen molar-refractivity contribution in [1.82, 2.24) is 14.9 Å². The molecule has 0 aliphatic carbocycles. The summed E-state index contributed by atoms with van der Waals surface area (Å²) < 4.78 is 45.6. The van der Waals surface area contributed by atoms with Crippen LogP contribution >= 0.6 is 0 Å². The maximum atomic E-state index is 14.3. The van der Waals surface area contributed by atoms with Gasteiger partial charge in [-0.2, -0.15) is 5.26 Å². The number of hydrogen-bond acceptors (Lipinski definition) is 7. The summed E-state index contributed by atoms with van der Waals surface area (Å²) in [4.78, 5) is 23.4. The van der Waals surface area contributed by atoms with Crippen LogP contribution in [0.15, 0.2) is 36.5 Å². The van der Waals surface area contributed by atoms with Gasteiger partial charge < -0.3 is 19.1 Å². The predicted octanol–water partition coefficient (Wildman–Crippen LogP) is 5.85. The number of amides is 1. The molecule has 3 heterocycles. The van der Waals surface area contributed by atoms with Crippen LogP contribution in [0.2, 0.25) is 0 Å². The molecule has 1 spiro atoms. The SMILES string of the molecule is CC(C)(C)OC(=O)N1CCC2(CC1)C[C@H](c1cnc3ccc(Oc4c(F)ccc(F)c4C#N)cc3n1)CO2. The van der Waals surface area contributed by atoms with Gasteiger partial charge in [0.15, 0.2) is 11.6 Å². The van der Waals surface area contributed by atoms with Crippen LogP contribution in [-0.4, -0.2) is 51.9 Å². The second-order valence-corrected chi connectivity index (χ2v) is 10.8. The molecule has 8 nitrogen and oxygen atoms in total. The Morgan fingerprint density at radius 2 is 1.89 bits per heavy atom. The number of hydrogen-bond donors (Lipinski definition) is 0. The molecule has 2 aliphatic heterocycles. The first-order chi connectivity index (χ1) is 18.1. The van der Waals surface area contributed by atoms with Crippen molar-refractivity contribution in [3.63, 3.8) is 0 Å². The van der Waals surface area contributed by atoms with Gasteiger partial charge in [0.05, 0.1) is 28.9 Å². The number of fused-ring (bicyclic) bond motifs is 1. The molecule has 0 radical (unpaired) electrons. The molecule has 1 amide bonds. The van der Waals surface area contributed by atoms with Crippen molar-refractivity contribution in [3.8, 4) is 17.6 Å². The first-order valence-electron chi connectivity index (χ1n) is 12.5. The lowest BCUT2D eigenvalue weighted by atomic mass is 9.84. The van der Waals surface area contributed by atoms with Crippen LogP contribution in [0.25, 0.3) is 11.0 Å². The Hall–Kier alpha value is -3.84. The molecule has 2 fully saturated rings. The molecule has 1 aromatic heterocycles. The highest BCUT2D eigenvalue weighted by molar-refractivity contribution is 5.76. The molecule has 5 rings (SSSR count). The maximum absolute atomic E-state index is 14.3. The number of aromatic nitrogens is 2. The van der Waals surface area contributed by atoms with Crippen molar-refractivity contribution >= 4 is 17.1 Å². The van der Waals surface area contributed by atoms with Gasteiger partial charge in [0.1, 0.15) is 28.8 Å². The highest BCUT2D eigenvalue weighted by Crippen LogP contribution is 2.42. The van der Waals surface area contributed by atoms with E-state index in [1.165, 1.54) is 0 Å². The largest absolute Gasteiger partial charge is 0.453 e. The zero-order valence-electron chi connectivity index (χ0n) is 21.5. The van der Waals surface area contributed by atoms with Gasteiger partial charge in [0.2, 0.25) is 0 Å². The van der Waals surface area contributed by atoms with Crippen LogP contribution < -0.4 is 4.74 Å². The average molecular weight is 523 g/mol. The minimum Gasteiger partial charge on any atom is -0.453 e. The molecule has 3 aromatic rings. The van der Waals surface area contributed by atoms with E-state index >= 15 is 0 Å². The van der Waals surface area contributed by atoms with Gasteiger partial charge in [-0.05, 0) is 64.3 Å². The van der Waals surface area contributed by atoms with Crippen molar-refractivity contribution in [2.45, 2.75) is 57.2 Å². The summed E-state index contributed by atoms with van der Waals surface area (Å²) in [7, 11) is 0. The second-order valence-electron chi connectivity index (χ2n) is 10.8. The lowest BCUT2D eigenvalue weighted by Crippen LogP contribution is -2.47. The minimum absolute atomic E-state index is 0.0235. The number of rotatable bonds is 3. The average Bonchev–Trinajstić information content (AvgIpc) is 3.28. The van der Waals surface area contributed by atoms with Gasteiger partial charge in [-0.15, -0.1) is 0 Å². The van der Waals surface area contributed by atoms with Crippen molar-refractivity contribution < 1.29 is 27.8 Å². The third-order valence-corrected chi connectivity index (χ3v) is 6.88. The normalized spacial score (nSPS) is 18.9. The molecule has 2 aromatic carbocycles. The fourth-order valence-electron chi connectivity index (χ4n) is 4.93. The Labute approximate surface area is 219 Å². The Morgan fingerprint density at radius 1 is 1.16 bits per heavy atom. The molecule has 0 bridgehead atoms. The number of nitriles is 1. The molecule has 0 saturated carbocycles. The van der Waals surface area contributed by atoms with Gasteiger partial charge in [-0.1, -0.05) is 0 Å². The van der Waals surface area contributed by atoms with Crippen molar-refractivity contribution in [3.05, 3.63) is 59.4 Å². The molecule has 1 atom stereocenters. The zero-order valence-corrected chi connectivity index (χ0v) is 21.5. The van der Waals surface area contributed by atoms with Crippen LogP contribution in [0.1, 0.15) is 57.2 Å². The molecule has 38 heavy (non-hydrogen) atoms. The zero-order chi connectivity index (χ0) is 27.1. The third-order valence-electron chi connectivity index (χ3n) is 6.88. The Morgan fingerprint density at radius 3 is 2.61 bits per heavy atom. The van der Waals surface area contributed by atoms with Gasteiger partial charge in [0, 0.05) is 31.3 Å². The summed E-state index contributed by atoms with van der Waals surface area (Å²) in [5, 5.41) is 9.23. The summed E-state index contributed by atoms with van der Waals surface area (Å²) >= 11 is 0. The number of carbonyl (C=O) groups is 1. The summed E-state index contributed by atoms with van der Waals surface area (Å²) in [5.41, 5.74) is 0.529.